The van der Waals surface area contributed by atoms with Crippen LogP contribution >= 0.6 is 0 Å². The van der Waals surface area contributed by atoms with E-state index >= 15 is 0 Å². The molecule has 9 heteroatoms. The van der Waals surface area contributed by atoms with Crippen molar-refractivity contribution in [2.75, 3.05) is 20.1 Å². The molecule has 148 valence electrons. The average Bonchev–Trinajstić information content (AvgIpc) is 3.04. The van der Waals surface area contributed by atoms with Crippen LogP contribution in [0.4, 0.5) is 26.3 Å². The lowest BCUT2D eigenvalue weighted by Crippen LogP contribution is -2.24. The third-order valence-corrected chi connectivity index (χ3v) is 4.86. The molecular weight excluding hydrogens is 384 g/mol. The molecule has 0 amide bonds. The van der Waals surface area contributed by atoms with Crippen LogP contribution in [0.2, 0.25) is 0 Å². The van der Waals surface area contributed by atoms with Crippen molar-refractivity contribution in [2.24, 2.45) is 0 Å². The maximum Gasteiger partial charge on any atom is 0.433 e. The van der Waals surface area contributed by atoms with Crippen LogP contribution < -0.4 is 0 Å². The van der Waals surface area contributed by atoms with E-state index in [1.807, 2.05) is 13.1 Å². The third kappa shape index (κ3) is 3.23. The number of alkyl halides is 6. The van der Waals surface area contributed by atoms with E-state index in [2.05, 4.69) is 14.9 Å². The molecule has 4 rings (SSSR count). The Bertz CT molecular complexity index is 1090. The number of pyridine rings is 1. The Hall–Kier alpha value is -2.55. The highest BCUT2D eigenvalue weighted by Gasteiger charge is 2.39. The highest BCUT2D eigenvalue weighted by molar-refractivity contribution is 6.05. The quantitative estimate of drug-likeness (QED) is 0.550. The van der Waals surface area contributed by atoms with Gasteiger partial charge >= 0.3 is 12.4 Å². The predicted octanol–water partition coefficient (Wildman–Crippen LogP) is 5.47. The van der Waals surface area contributed by atoms with Crippen molar-refractivity contribution in [3.05, 3.63) is 47.3 Å². The van der Waals surface area contributed by atoms with Gasteiger partial charge in [0.25, 0.3) is 0 Å². The molecule has 1 aliphatic rings. The van der Waals surface area contributed by atoms with Gasteiger partial charge in [0.2, 0.25) is 0 Å². The predicted molar refractivity (Wildman–Crippen MR) is 93.7 cm³/mol. The topological polar surface area (TPSA) is 31.9 Å². The highest BCUT2D eigenvalue weighted by Crippen LogP contribution is 2.40. The summed E-state index contributed by atoms with van der Waals surface area (Å²) >= 11 is 0. The van der Waals surface area contributed by atoms with Gasteiger partial charge in [-0.05, 0) is 31.2 Å². The van der Waals surface area contributed by atoms with Crippen molar-refractivity contribution in [3.8, 4) is 0 Å². The Morgan fingerprint density at radius 3 is 2.43 bits per heavy atom. The molecule has 0 saturated carbocycles. The number of halogens is 6. The van der Waals surface area contributed by atoms with E-state index in [1.54, 1.807) is 6.07 Å². The number of rotatable bonds is 1. The molecule has 0 spiro atoms. The molecule has 0 bridgehead atoms. The van der Waals surface area contributed by atoms with Gasteiger partial charge in [-0.3, -0.25) is 0 Å². The van der Waals surface area contributed by atoms with Gasteiger partial charge in [-0.1, -0.05) is 18.2 Å². The first-order valence-corrected chi connectivity index (χ1v) is 8.53. The fourth-order valence-electron chi connectivity index (χ4n) is 3.53. The van der Waals surface area contributed by atoms with Crippen LogP contribution in [-0.4, -0.2) is 35.0 Å². The highest BCUT2D eigenvalue weighted by atomic mass is 19.4. The molecule has 2 aromatic heterocycles. The summed E-state index contributed by atoms with van der Waals surface area (Å²) in [5.41, 5.74) is -1.47. The maximum absolute atomic E-state index is 13.4. The van der Waals surface area contributed by atoms with Gasteiger partial charge in [-0.2, -0.15) is 26.3 Å². The zero-order valence-electron chi connectivity index (χ0n) is 14.7. The van der Waals surface area contributed by atoms with E-state index in [0.717, 1.165) is 18.5 Å². The molecule has 0 radical (unpaired) electrons. The lowest BCUT2D eigenvalue weighted by atomic mass is 10.0. The number of nitrogens with zero attached hydrogens (tertiary/aromatic N) is 2. The second-order valence-corrected chi connectivity index (χ2v) is 6.92. The SMILES string of the molecule is CN1CCC=C(c2cc3ccc4c(C(F)(F)F)cc(C(F)(F)F)nc4c3[nH]2)C1. The summed E-state index contributed by atoms with van der Waals surface area (Å²) < 4.78 is 79.7. The van der Waals surface area contributed by atoms with Crippen molar-refractivity contribution >= 4 is 27.4 Å². The number of hydrogen-bond donors (Lipinski definition) is 1. The van der Waals surface area contributed by atoms with Crippen molar-refractivity contribution in [3.63, 3.8) is 0 Å². The first kappa shape index (κ1) is 18.8. The molecule has 1 N–H and O–H groups in total. The van der Waals surface area contributed by atoms with Gasteiger partial charge in [0.1, 0.15) is 5.69 Å². The number of likely N-dealkylation sites (N-methyl/N-ethyl adjacent to an activating group) is 1. The van der Waals surface area contributed by atoms with Gasteiger partial charge in [-0.25, -0.2) is 4.98 Å². The summed E-state index contributed by atoms with van der Waals surface area (Å²) in [5.74, 6) is 0. The van der Waals surface area contributed by atoms with E-state index < -0.39 is 23.6 Å². The lowest BCUT2D eigenvalue weighted by Gasteiger charge is -2.22. The van der Waals surface area contributed by atoms with Crippen LogP contribution in [0.5, 0.6) is 0 Å². The molecule has 1 aromatic carbocycles. The fraction of sp³-hybridized carbons (Fsp3) is 0.316. The summed E-state index contributed by atoms with van der Waals surface area (Å²) in [6.45, 7) is 1.53. The number of H-pyrrole nitrogens is 1. The van der Waals surface area contributed by atoms with E-state index in [9.17, 15) is 26.3 Å². The summed E-state index contributed by atoms with van der Waals surface area (Å²) in [6.07, 6.45) is -7.08. The third-order valence-electron chi connectivity index (χ3n) is 4.86. The minimum Gasteiger partial charge on any atom is -0.353 e. The number of fused-ring (bicyclic) bond motifs is 3. The van der Waals surface area contributed by atoms with Crippen molar-refractivity contribution in [1.29, 1.82) is 0 Å². The molecule has 28 heavy (non-hydrogen) atoms. The molecule has 3 heterocycles. The average molecular weight is 399 g/mol. The first-order valence-electron chi connectivity index (χ1n) is 8.53. The number of benzene rings is 1. The van der Waals surface area contributed by atoms with E-state index in [0.29, 0.717) is 17.6 Å². The second kappa shape index (κ2) is 6.23. The van der Waals surface area contributed by atoms with Crippen LogP contribution in [0.25, 0.3) is 27.4 Å². The van der Waals surface area contributed by atoms with Gasteiger partial charge in [0.05, 0.1) is 16.6 Å². The lowest BCUT2D eigenvalue weighted by molar-refractivity contribution is -0.144. The summed E-state index contributed by atoms with van der Waals surface area (Å²) in [5, 5.41) is 0.146. The largest absolute Gasteiger partial charge is 0.433 e. The zero-order chi connectivity index (χ0) is 20.3. The molecule has 0 fully saturated rings. The molecular formula is C19H15F6N3. The van der Waals surface area contributed by atoms with Crippen molar-refractivity contribution in [2.45, 2.75) is 18.8 Å². The molecule has 3 aromatic rings. The van der Waals surface area contributed by atoms with Gasteiger partial charge in [-0.15, -0.1) is 0 Å². The first-order chi connectivity index (χ1) is 13.0. The van der Waals surface area contributed by atoms with Crippen LogP contribution in [-0.2, 0) is 12.4 Å². The number of hydrogen-bond acceptors (Lipinski definition) is 2. The van der Waals surface area contributed by atoms with Gasteiger partial charge in [0.15, 0.2) is 0 Å². The van der Waals surface area contributed by atoms with Gasteiger partial charge < -0.3 is 9.88 Å². The molecule has 0 saturated heterocycles. The fourth-order valence-corrected chi connectivity index (χ4v) is 3.53. The Kier molecular flexibility index (Phi) is 4.18. The molecule has 0 atom stereocenters. The van der Waals surface area contributed by atoms with Crippen LogP contribution in [0.3, 0.4) is 0 Å². The minimum absolute atomic E-state index is 0.0661. The molecule has 1 aliphatic heterocycles. The standard InChI is InChI=1S/C19H15F6N3/c1-28-6-2-3-11(9-28)14-7-10-4-5-12-13(18(20,21)22)8-15(19(23,24)25)27-17(12)16(10)26-14/h3-5,7-8,26H,2,6,9H2,1H3. The number of aromatic nitrogens is 2. The Morgan fingerprint density at radius 1 is 1.04 bits per heavy atom. The summed E-state index contributed by atoms with van der Waals surface area (Å²) in [4.78, 5) is 8.61. The van der Waals surface area contributed by atoms with Crippen LogP contribution in [0.1, 0.15) is 23.4 Å². The monoisotopic (exact) mass is 399 g/mol. The molecule has 0 aliphatic carbocycles. The normalized spacial score (nSPS) is 16.8. The smallest absolute Gasteiger partial charge is 0.353 e. The maximum atomic E-state index is 13.4. The van der Waals surface area contributed by atoms with E-state index in [4.69, 9.17) is 0 Å². The molecule has 3 nitrogen and oxygen atoms in total. The van der Waals surface area contributed by atoms with Gasteiger partial charge in [0, 0.05) is 29.6 Å². The van der Waals surface area contributed by atoms with Crippen LogP contribution in [0, 0.1) is 0 Å². The number of aromatic amines is 1. The van der Waals surface area contributed by atoms with Crippen LogP contribution in [0.15, 0.2) is 30.3 Å². The minimum atomic E-state index is -4.99. The zero-order valence-corrected chi connectivity index (χ0v) is 14.7. The Balaban J connectivity index is 1.99. The number of nitrogens with one attached hydrogen (secondary N) is 1. The molecule has 0 unspecified atom stereocenters. The summed E-state index contributed by atoms with van der Waals surface area (Å²) in [7, 11) is 1.94. The Morgan fingerprint density at radius 2 is 1.79 bits per heavy atom. The Labute approximate surface area is 155 Å². The van der Waals surface area contributed by atoms with Crippen molar-refractivity contribution < 1.29 is 26.3 Å². The summed E-state index contributed by atoms with van der Waals surface area (Å²) in [6, 6.07) is 4.44. The van der Waals surface area contributed by atoms with E-state index in [1.165, 1.54) is 12.1 Å². The van der Waals surface area contributed by atoms with E-state index in [-0.39, 0.29) is 22.5 Å². The van der Waals surface area contributed by atoms with Crippen molar-refractivity contribution in [1.82, 2.24) is 14.9 Å². The second-order valence-electron chi connectivity index (χ2n) is 6.92.